The highest BCUT2D eigenvalue weighted by atomic mass is 16.5. The van der Waals surface area contributed by atoms with Crippen LogP contribution in [0.3, 0.4) is 0 Å². The van der Waals surface area contributed by atoms with Crippen molar-refractivity contribution >= 4 is 11.1 Å². The van der Waals surface area contributed by atoms with Crippen LogP contribution in [0.1, 0.15) is 16.7 Å². The van der Waals surface area contributed by atoms with Gasteiger partial charge in [-0.3, -0.25) is 0 Å². The molecule has 0 bridgehead atoms. The number of fused-ring (bicyclic) bond motifs is 1. The quantitative estimate of drug-likeness (QED) is 0.791. The molecule has 0 unspecified atom stereocenters. The molecule has 2 aromatic rings. The predicted molar refractivity (Wildman–Crippen MR) is 91.0 cm³/mol. The summed E-state index contributed by atoms with van der Waals surface area (Å²) < 4.78 is 11.0. The van der Waals surface area contributed by atoms with Gasteiger partial charge in [0, 0.05) is 11.1 Å². The molecule has 1 aliphatic heterocycles. The van der Waals surface area contributed by atoms with E-state index in [1.807, 2.05) is 18.2 Å². The van der Waals surface area contributed by atoms with Crippen LogP contribution in [0.15, 0.2) is 67.5 Å². The van der Waals surface area contributed by atoms with E-state index in [4.69, 9.17) is 9.47 Å². The van der Waals surface area contributed by atoms with E-state index >= 15 is 0 Å². The Morgan fingerprint density at radius 2 is 1.82 bits per heavy atom. The van der Waals surface area contributed by atoms with Crippen molar-refractivity contribution in [2.45, 2.75) is 6.92 Å². The van der Waals surface area contributed by atoms with E-state index in [0.29, 0.717) is 0 Å². The van der Waals surface area contributed by atoms with Gasteiger partial charge in [-0.1, -0.05) is 43.0 Å². The van der Waals surface area contributed by atoms with Crippen LogP contribution in [-0.4, -0.2) is 7.11 Å². The first-order valence-corrected chi connectivity index (χ1v) is 7.11. The number of methoxy groups -OCH3 is 1. The summed E-state index contributed by atoms with van der Waals surface area (Å²) in [7, 11) is 1.65. The highest BCUT2D eigenvalue weighted by Gasteiger charge is 2.20. The molecule has 2 aromatic carbocycles. The monoisotopic (exact) mass is 290 g/mol. The minimum atomic E-state index is 0.783. The Kier molecular flexibility index (Phi) is 3.60. The third-order valence-corrected chi connectivity index (χ3v) is 3.87. The van der Waals surface area contributed by atoms with Crippen LogP contribution in [0, 0.1) is 6.92 Å². The molecule has 0 amide bonds. The Bertz CT molecular complexity index is 780. The van der Waals surface area contributed by atoms with Gasteiger partial charge in [0.2, 0.25) is 0 Å². The van der Waals surface area contributed by atoms with Crippen LogP contribution in [0.4, 0.5) is 0 Å². The molecule has 0 fully saturated rings. The lowest BCUT2D eigenvalue weighted by Gasteiger charge is -2.22. The Hall–Kier alpha value is -2.74. The van der Waals surface area contributed by atoms with Crippen molar-refractivity contribution in [2.75, 3.05) is 7.11 Å². The molecule has 0 radical (unpaired) electrons. The molecule has 1 heterocycles. The normalized spacial score (nSPS) is 13.0. The van der Waals surface area contributed by atoms with Gasteiger partial charge in [0.25, 0.3) is 0 Å². The average molecular weight is 290 g/mol. The van der Waals surface area contributed by atoms with E-state index in [1.54, 1.807) is 13.4 Å². The van der Waals surface area contributed by atoms with Crippen molar-refractivity contribution in [2.24, 2.45) is 0 Å². The molecule has 0 aromatic heterocycles. The van der Waals surface area contributed by atoms with Crippen molar-refractivity contribution in [3.63, 3.8) is 0 Å². The van der Waals surface area contributed by atoms with Crippen LogP contribution in [-0.2, 0) is 0 Å². The number of allylic oxidation sites excluding steroid dienone is 3. The maximum absolute atomic E-state index is 5.73. The molecule has 3 rings (SSSR count). The Morgan fingerprint density at radius 3 is 2.50 bits per heavy atom. The van der Waals surface area contributed by atoms with Crippen molar-refractivity contribution in [1.29, 1.82) is 0 Å². The number of rotatable bonds is 3. The Labute approximate surface area is 131 Å². The molecule has 110 valence electrons. The highest BCUT2D eigenvalue weighted by molar-refractivity contribution is 5.98. The molecule has 0 atom stereocenters. The fourth-order valence-corrected chi connectivity index (χ4v) is 2.48. The zero-order valence-electron chi connectivity index (χ0n) is 12.8. The summed E-state index contributed by atoms with van der Waals surface area (Å²) in [4.78, 5) is 0. The van der Waals surface area contributed by atoms with Gasteiger partial charge in [-0.2, -0.15) is 0 Å². The van der Waals surface area contributed by atoms with E-state index in [9.17, 15) is 0 Å². The zero-order valence-corrected chi connectivity index (χ0v) is 12.8. The van der Waals surface area contributed by atoms with Gasteiger partial charge in [-0.05, 0) is 41.8 Å². The lowest BCUT2D eigenvalue weighted by Crippen LogP contribution is -2.03. The van der Waals surface area contributed by atoms with Crippen LogP contribution >= 0.6 is 0 Å². The van der Waals surface area contributed by atoms with Gasteiger partial charge in [-0.25, -0.2) is 0 Å². The molecule has 0 N–H and O–H groups in total. The molecular formula is C20H18O2. The van der Waals surface area contributed by atoms with Crippen molar-refractivity contribution in [3.05, 3.63) is 84.1 Å². The lowest BCUT2D eigenvalue weighted by molar-refractivity contribution is 0.412. The molecule has 2 heteroatoms. The summed E-state index contributed by atoms with van der Waals surface area (Å²) in [6.07, 6.45) is 1.72. The molecule has 2 nitrogen and oxygen atoms in total. The lowest BCUT2D eigenvalue weighted by atomic mass is 9.89. The summed E-state index contributed by atoms with van der Waals surface area (Å²) in [5, 5.41) is 0. The average Bonchev–Trinajstić information content (AvgIpc) is 2.55. The predicted octanol–water partition coefficient (Wildman–Crippen LogP) is 5.01. The van der Waals surface area contributed by atoms with Crippen molar-refractivity contribution in [3.8, 4) is 11.5 Å². The second-order valence-electron chi connectivity index (χ2n) is 5.33. The number of benzene rings is 2. The van der Waals surface area contributed by atoms with Crippen molar-refractivity contribution in [1.82, 2.24) is 0 Å². The molecular weight excluding hydrogens is 272 g/mol. The van der Waals surface area contributed by atoms with E-state index in [-0.39, 0.29) is 0 Å². The zero-order chi connectivity index (χ0) is 15.7. The number of ether oxygens (including phenoxy) is 2. The van der Waals surface area contributed by atoms with Crippen LogP contribution < -0.4 is 9.47 Å². The fraction of sp³-hybridized carbons (Fsp3) is 0.100. The maximum atomic E-state index is 5.73. The van der Waals surface area contributed by atoms with Gasteiger partial charge in [0.15, 0.2) is 0 Å². The van der Waals surface area contributed by atoms with Gasteiger partial charge < -0.3 is 9.47 Å². The van der Waals surface area contributed by atoms with Gasteiger partial charge in [0.1, 0.15) is 11.5 Å². The topological polar surface area (TPSA) is 18.5 Å². The maximum Gasteiger partial charge on any atom is 0.134 e. The Balaban J connectivity index is 1.96. The molecule has 0 saturated carbocycles. The highest BCUT2D eigenvalue weighted by Crippen LogP contribution is 2.41. The fourth-order valence-electron chi connectivity index (χ4n) is 2.48. The molecule has 22 heavy (non-hydrogen) atoms. The van der Waals surface area contributed by atoms with E-state index in [1.165, 1.54) is 5.56 Å². The molecule has 0 aliphatic carbocycles. The summed E-state index contributed by atoms with van der Waals surface area (Å²) in [6.45, 7) is 10.5. The third kappa shape index (κ3) is 2.44. The van der Waals surface area contributed by atoms with Crippen LogP contribution in [0.5, 0.6) is 11.5 Å². The van der Waals surface area contributed by atoms with E-state index < -0.39 is 0 Å². The molecule has 0 saturated heterocycles. The number of hydrogen-bond donors (Lipinski definition) is 0. The first kappa shape index (κ1) is 14.2. The molecule has 1 aliphatic rings. The summed E-state index contributed by atoms with van der Waals surface area (Å²) >= 11 is 0. The second kappa shape index (κ2) is 5.57. The van der Waals surface area contributed by atoms with Crippen molar-refractivity contribution < 1.29 is 9.47 Å². The smallest absolute Gasteiger partial charge is 0.134 e. The Morgan fingerprint density at radius 1 is 1.09 bits per heavy atom. The minimum absolute atomic E-state index is 0.783. The first-order valence-electron chi connectivity index (χ1n) is 7.11. The minimum Gasteiger partial charge on any atom is -0.497 e. The molecule has 0 spiro atoms. The first-order chi connectivity index (χ1) is 10.6. The van der Waals surface area contributed by atoms with Crippen LogP contribution in [0.25, 0.3) is 11.1 Å². The summed E-state index contributed by atoms with van der Waals surface area (Å²) in [5.74, 6) is 1.57. The van der Waals surface area contributed by atoms with E-state index in [0.717, 1.165) is 39.3 Å². The van der Waals surface area contributed by atoms with Gasteiger partial charge in [-0.15, -0.1) is 0 Å². The number of aryl methyl sites for hydroxylation is 1. The van der Waals surface area contributed by atoms with Crippen LogP contribution in [0.2, 0.25) is 0 Å². The van der Waals surface area contributed by atoms with E-state index in [2.05, 4.69) is 44.3 Å². The number of hydrogen-bond acceptors (Lipinski definition) is 2. The van der Waals surface area contributed by atoms with Gasteiger partial charge >= 0.3 is 0 Å². The standard InChI is InChI=1S/C20H18O2/c1-13-5-7-16(8-6-13)14(2)19-12-22-20-10-9-17(21-4)11-18(20)15(19)3/h5-12H,2-3H2,1,4H3. The van der Waals surface area contributed by atoms with Gasteiger partial charge in [0.05, 0.1) is 13.4 Å². The summed E-state index contributed by atoms with van der Waals surface area (Å²) in [6, 6.07) is 14.0. The SMILES string of the molecule is C=C(C1=COc2ccc(OC)cc2C1=C)c1ccc(C)cc1. The summed E-state index contributed by atoms with van der Waals surface area (Å²) in [5.41, 5.74) is 5.92. The second-order valence-corrected chi connectivity index (χ2v) is 5.33. The largest absolute Gasteiger partial charge is 0.497 e. The third-order valence-electron chi connectivity index (χ3n) is 3.87.